The largest absolute Gasteiger partial charge is 0.444 e. The lowest BCUT2D eigenvalue weighted by Crippen LogP contribution is -2.27. The summed E-state index contributed by atoms with van der Waals surface area (Å²) in [4.78, 5) is 11.9. The van der Waals surface area contributed by atoms with Crippen LogP contribution in [0.5, 0.6) is 0 Å². The van der Waals surface area contributed by atoms with Crippen LogP contribution < -0.4 is 5.32 Å². The molecular formula is C21H26F3N3O2. The van der Waals surface area contributed by atoms with Crippen LogP contribution in [-0.2, 0) is 4.74 Å². The lowest BCUT2D eigenvalue weighted by molar-refractivity contribution is -0.0886. The molecule has 1 unspecified atom stereocenters. The summed E-state index contributed by atoms with van der Waals surface area (Å²) in [6.45, 7) is 9.30. The van der Waals surface area contributed by atoms with Gasteiger partial charge in [0.25, 0.3) is 0 Å². The maximum Gasteiger partial charge on any atom is 0.416 e. The van der Waals surface area contributed by atoms with Crippen molar-refractivity contribution in [3.8, 4) is 0 Å². The number of ether oxygens (including phenoxy) is 1. The van der Waals surface area contributed by atoms with Crippen molar-refractivity contribution in [2.75, 3.05) is 5.32 Å². The number of nitrogens with zero attached hydrogens (tertiary/aromatic N) is 2. The van der Waals surface area contributed by atoms with Gasteiger partial charge in [-0.15, -0.1) is 0 Å². The van der Waals surface area contributed by atoms with Crippen molar-refractivity contribution < 1.29 is 22.7 Å². The Morgan fingerprint density at radius 3 is 2.52 bits per heavy atom. The smallest absolute Gasteiger partial charge is 0.416 e. The van der Waals surface area contributed by atoms with E-state index < -0.39 is 23.4 Å². The van der Waals surface area contributed by atoms with Gasteiger partial charge in [-0.3, -0.25) is 5.32 Å². The lowest BCUT2D eigenvalue weighted by atomic mass is 9.91. The monoisotopic (exact) mass is 409 g/mol. The number of anilines is 1. The molecule has 0 radical (unpaired) electrons. The Morgan fingerprint density at radius 2 is 1.97 bits per heavy atom. The van der Waals surface area contributed by atoms with Crippen molar-refractivity contribution >= 4 is 17.3 Å². The molecule has 2 heterocycles. The Bertz CT molecular complexity index is 921. The van der Waals surface area contributed by atoms with Crippen LogP contribution >= 0.6 is 0 Å². The zero-order chi connectivity index (χ0) is 21.8. The summed E-state index contributed by atoms with van der Waals surface area (Å²) in [5.41, 5.74) is 0.761. The minimum absolute atomic E-state index is 0.217. The summed E-state index contributed by atoms with van der Waals surface area (Å²) in [5.74, 6) is -0.217. The van der Waals surface area contributed by atoms with E-state index in [4.69, 9.17) is 4.74 Å². The highest BCUT2D eigenvalue weighted by Crippen LogP contribution is 2.35. The summed E-state index contributed by atoms with van der Waals surface area (Å²) < 4.78 is 45.1. The summed E-state index contributed by atoms with van der Waals surface area (Å²) in [6.07, 6.45) is 2.45. The van der Waals surface area contributed by atoms with Crippen molar-refractivity contribution in [1.82, 2.24) is 9.61 Å². The molecule has 1 aliphatic rings. The Morgan fingerprint density at radius 1 is 1.28 bits per heavy atom. The van der Waals surface area contributed by atoms with Gasteiger partial charge in [-0.05, 0) is 39.3 Å². The van der Waals surface area contributed by atoms with E-state index in [-0.39, 0.29) is 12.3 Å². The van der Waals surface area contributed by atoms with Gasteiger partial charge in [0.2, 0.25) is 0 Å². The van der Waals surface area contributed by atoms with Gasteiger partial charge in [-0.2, -0.15) is 18.3 Å². The summed E-state index contributed by atoms with van der Waals surface area (Å²) in [5, 5.41) is 6.89. The number of rotatable bonds is 2. The molecule has 158 valence electrons. The topological polar surface area (TPSA) is 55.6 Å². The van der Waals surface area contributed by atoms with Gasteiger partial charge in [0.05, 0.1) is 17.3 Å². The Balaban J connectivity index is 0.00000145. The Kier molecular flexibility index (Phi) is 6.77. The van der Waals surface area contributed by atoms with E-state index in [9.17, 15) is 18.0 Å². The average Bonchev–Trinajstić information content (AvgIpc) is 3.04. The molecule has 1 atom stereocenters. The molecule has 0 saturated carbocycles. The number of alkyl halides is 3. The third-order valence-electron chi connectivity index (χ3n) is 4.02. The Labute approximate surface area is 168 Å². The zero-order valence-corrected chi connectivity index (χ0v) is 17.2. The van der Waals surface area contributed by atoms with Crippen molar-refractivity contribution in [2.24, 2.45) is 0 Å². The fourth-order valence-electron chi connectivity index (χ4n) is 2.85. The van der Waals surface area contributed by atoms with Crippen molar-refractivity contribution in [2.45, 2.75) is 58.7 Å². The van der Waals surface area contributed by atoms with Gasteiger partial charge >= 0.3 is 12.3 Å². The first-order chi connectivity index (χ1) is 13.5. The average molecular weight is 409 g/mol. The van der Waals surface area contributed by atoms with Crippen LogP contribution in [0.3, 0.4) is 0 Å². The highest BCUT2D eigenvalue weighted by molar-refractivity contribution is 5.86. The fourth-order valence-corrected chi connectivity index (χ4v) is 2.85. The maximum absolute atomic E-state index is 12.8. The van der Waals surface area contributed by atoms with E-state index in [1.807, 2.05) is 13.8 Å². The summed E-state index contributed by atoms with van der Waals surface area (Å²) in [6, 6.07) is 3.40. The number of aromatic nitrogens is 2. The first-order valence-electron chi connectivity index (χ1n) is 9.46. The van der Waals surface area contributed by atoms with E-state index >= 15 is 0 Å². The molecule has 0 spiro atoms. The third-order valence-corrected chi connectivity index (χ3v) is 4.02. The van der Waals surface area contributed by atoms with E-state index in [2.05, 4.69) is 10.4 Å². The van der Waals surface area contributed by atoms with Gasteiger partial charge in [0.1, 0.15) is 5.60 Å². The lowest BCUT2D eigenvalue weighted by Gasteiger charge is -2.20. The summed E-state index contributed by atoms with van der Waals surface area (Å²) in [7, 11) is 0. The van der Waals surface area contributed by atoms with Crippen LogP contribution in [0, 0.1) is 0 Å². The van der Waals surface area contributed by atoms with Crippen molar-refractivity contribution in [3.63, 3.8) is 0 Å². The first-order valence-corrected chi connectivity index (χ1v) is 9.46. The van der Waals surface area contributed by atoms with Gasteiger partial charge in [0.15, 0.2) is 0 Å². The van der Waals surface area contributed by atoms with Crippen LogP contribution in [-0.4, -0.2) is 27.5 Å². The number of nitrogens with one attached hydrogen (secondary N) is 1. The standard InChI is InChI=1S/C19H20F3N3O2.C2H6/c1-18(2,3)27-17(26)24-14-8-9-25-16(10-14)15(11-23-25)12-4-6-13(7-5-12)19(20,21)22;1-2/h4,6-12H,5H2,1-3H3,(H,24,26);1-2H3. The number of pyridine rings is 1. The predicted molar refractivity (Wildman–Crippen MR) is 107 cm³/mol. The minimum Gasteiger partial charge on any atom is -0.444 e. The fraction of sp³-hybridized carbons (Fsp3) is 0.429. The van der Waals surface area contributed by atoms with Crippen molar-refractivity contribution in [1.29, 1.82) is 0 Å². The number of amides is 1. The normalized spacial score (nSPS) is 16.7. The Hall–Kier alpha value is -2.77. The first kappa shape index (κ1) is 22.5. The molecule has 0 aliphatic heterocycles. The van der Waals surface area contributed by atoms with Crippen LogP contribution in [0.15, 0.2) is 48.3 Å². The number of carbonyl (C=O) groups is 1. The SMILES string of the molecule is CC.CC(C)(C)OC(=O)Nc1ccn2ncc(C3C=CC(C(F)(F)F)=CC3)c2c1. The molecule has 0 saturated heterocycles. The van der Waals surface area contributed by atoms with Gasteiger partial charge in [-0.25, -0.2) is 9.31 Å². The molecule has 1 N–H and O–H groups in total. The molecule has 0 aromatic carbocycles. The second-order valence-electron chi connectivity index (χ2n) is 7.33. The van der Waals surface area contributed by atoms with Gasteiger partial charge < -0.3 is 4.74 Å². The molecule has 3 rings (SSSR count). The molecular weight excluding hydrogens is 383 g/mol. The van der Waals surface area contributed by atoms with Crippen LogP contribution in [0.2, 0.25) is 0 Å². The van der Waals surface area contributed by atoms with Crippen LogP contribution in [0.1, 0.15) is 52.5 Å². The number of allylic oxidation sites excluding steroid dienone is 4. The molecule has 0 fully saturated rings. The van der Waals surface area contributed by atoms with E-state index in [0.29, 0.717) is 11.2 Å². The van der Waals surface area contributed by atoms with Gasteiger partial charge in [0, 0.05) is 23.4 Å². The second kappa shape index (κ2) is 8.71. The third kappa shape index (κ3) is 5.85. The molecule has 1 aliphatic carbocycles. The highest BCUT2D eigenvalue weighted by atomic mass is 19.4. The maximum atomic E-state index is 12.8. The molecule has 2 aromatic rings. The quantitative estimate of drug-likeness (QED) is 0.639. The van der Waals surface area contributed by atoms with Gasteiger partial charge in [-0.1, -0.05) is 32.1 Å². The highest BCUT2D eigenvalue weighted by Gasteiger charge is 2.33. The number of hydrogen-bond acceptors (Lipinski definition) is 3. The van der Waals surface area contributed by atoms with E-state index in [0.717, 1.165) is 11.6 Å². The number of carbonyl (C=O) groups excluding carboxylic acids is 1. The van der Waals surface area contributed by atoms with E-state index in [1.54, 1.807) is 49.8 Å². The number of halogens is 3. The van der Waals surface area contributed by atoms with E-state index in [1.165, 1.54) is 12.2 Å². The zero-order valence-electron chi connectivity index (χ0n) is 17.2. The molecule has 0 bridgehead atoms. The molecule has 1 amide bonds. The minimum atomic E-state index is -4.34. The van der Waals surface area contributed by atoms with Crippen molar-refractivity contribution in [3.05, 3.63) is 53.9 Å². The van der Waals surface area contributed by atoms with Crippen LogP contribution in [0.25, 0.3) is 5.52 Å². The number of hydrogen-bond donors (Lipinski definition) is 1. The second-order valence-corrected chi connectivity index (χ2v) is 7.33. The van der Waals surface area contributed by atoms with Crippen LogP contribution in [0.4, 0.5) is 23.7 Å². The predicted octanol–water partition coefficient (Wildman–Crippen LogP) is 6.24. The summed E-state index contributed by atoms with van der Waals surface area (Å²) >= 11 is 0. The molecule has 29 heavy (non-hydrogen) atoms. The number of fused-ring (bicyclic) bond motifs is 1. The molecule has 2 aromatic heterocycles. The molecule has 8 heteroatoms. The molecule has 5 nitrogen and oxygen atoms in total.